The van der Waals surface area contributed by atoms with Crippen LogP contribution in [0.2, 0.25) is 15.1 Å². The summed E-state index contributed by atoms with van der Waals surface area (Å²) in [5.74, 6) is -1.73. The number of ketones is 1. The van der Waals surface area contributed by atoms with E-state index in [0.717, 1.165) is 5.56 Å². The second-order valence-electron chi connectivity index (χ2n) is 6.76. The molecule has 4 rings (SSSR count). The summed E-state index contributed by atoms with van der Waals surface area (Å²) < 4.78 is 1.82. The van der Waals surface area contributed by atoms with Crippen LogP contribution in [0.5, 0.6) is 5.75 Å². The summed E-state index contributed by atoms with van der Waals surface area (Å²) in [5.41, 5.74) is 1.88. The Hall–Kier alpha value is -3.06. The number of nitrogens with one attached hydrogen (secondary N) is 1. The molecule has 6 nitrogen and oxygen atoms in total. The Bertz CT molecular complexity index is 1300. The van der Waals surface area contributed by atoms with E-state index in [1.54, 1.807) is 24.4 Å². The topological polar surface area (TPSA) is 84.2 Å². The molecule has 2 N–H and O–H groups in total. The number of amides is 1. The van der Waals surface area contributed by atoms with E-state index in [0.29, 0.717) is 22.5 Å². The number of anilines is 1. The number of nitrogens with zero attached hydrogens (tertiary/aromatic N) is 2. The Balaban J connectivity index is 1.71. The van der Waals surface area contributed by atoms with Gasteiger partial charge in [-0.25, -0.2) is 0 Å². The number of fused-ring (bicyclic) bond motifs is 1. The number of carbonyl (C=O) groups is 2. The molecule has 2 heterocycles. The van der Waals surface area contributed by atoms with Crippen molar-refractivity contribution in [1.82, 2.24) is 9.55 Å². The number of aromatic hydroxyl groups is 1. The predicted molar refractivity (Wildman–Crippen MR) is 121 cm³/mol. The zero-order valence-corrected chi connectivity index (χ0v) is 18.0. The van der Waals surface area contributed by atoms with Gasteiger partial charge in [-0.1, -0.05) is 46.9 Å². The van der Waals surface area contributed by atoms with Crippen LogP contribution < -0.4 is 5.32 Å². The van der Waals surface area contributed by atoms with Crippen LogP contribution in [0, 0.1) is 0 Å². The van der Waals surface area contributed by atoms with Gasteiger partial charge >= 0.3 is 0 Å². The number of phenols is 1. The molecule has 0 fully saturated rings. The summed E-state index contributed by atoms with van der Waals surface area (Å²) in [6.07, 6.45) is 4.20. The fourth-order valence-corrected chi connectivity index (χ4v) is 3.79. The van der Waals surface area contributed by atoms with Crippen LogP contribution in [0.1, 0.15) is 15.9 Å². The fraction of sp³-hybridized carbons (Fsp3) is 0.0455. The monoisotopic (exact) mass is 473 g/mol. The van der Waals surface area contributed by atoms with Crippen molar-refractivity contribution >= 4 is 63.1 Å². The maximum atomic E-state index is 13.0. The summed E-state index contributed by atoms with van der Waals surface area (Å²) in [4.78, 5) is 29.5. The zero-order valence-electron chi connectivity index (χ0n) is 15.8. The number of benzene rings is 2. The molecule has 9 heteroatoms. The van der Waals surface area contributed by atoms with Gasteiger partial charge in [0, 0.05) is 41.1 Å². The molecule has 0 atom stereocenters. The van der Waals surface area contributed by atoms with Crippen molar-refractivity contribution < 1.29 is 14.7 Å². The Morgan fingerprint density at radius 2 is 1.68 bits per heavy atom. The lowest BCUT2D eigenvalue weighted by Crippen LogP contribution is -2.23. The molecule has 0 aliphatic rings. The quantitative estimate of drug-likeness (QED) is 0.292. The van der Waals surface area contributed by atoms with Crippen LogP contribution in [0.15, 0.2) is 61.1 Å². The molecule has 1 amide bonds. The second kappa shape index (κ2) is 8.59. The molecule has 0 radical (unpaired) electrons. The van der Waals surface area contributed by atoms with Crippen LogP contribution in [-0.4, -0.2) is 26.3 Å². The minimum absolute atomic E-state index is 0.0218. The average molecular weight is 475 g/mol. The lowest BCUT2D eigenvalue weighted by Gasteiger charge is -2.07. The molecule has 0 unspecified atom stereocenters. The second-order valence-corrected chi connectivity index (χ2v) is 8.01. The number of phenolic OH excluding ortho intramolecular Hbond substituents is 1. The summed E-state index contributed by atoms with van der Waals surface area (Å²) >= 11 is 18.0. The third-order valence-corrected chi connectivity index (χ3v) is 5.50. The van der Waals surface area contributed by atoms with Gasteiger partial charge < -0.3 is 15.0 Å². The molecular formula is C22H14Cl3N3O3. The highest BCUT2D eigenvalue weighted by Crippen LogP contribution is 2.30. The SMILES string of the molecule is O=C(Nc1c(Cl)cncc1Cl)C(=O)c1cn(Cc2ccc(Cl)cc2)c2ccc(O)cc12. The van der Waals surface area contributed by atoms with E-state index in [2.05, 4.69) is 10.3 Å². The van der Waals surface area contributed by atoms with Gasteiger partial charge in [-0.05, 0) is 35.9 Å². The van der Waals surface area contributed by atoms with Crippen LogP contribution in [0.4, 0.5) is 5.69 Å². The van der Waals surface area contributed by atoms with Gasteiger partial charge in [0.1, 0.15) is 5.75 Å². The van der Waals surface area contributed by atoms with E-state index in [1.807, 2.05) is 16.7 Å². The molecule has 0 saturated heterocycles. The van der Waals surface area contributed by atoms with E-state index in [-0.39, 0.29) is 27.0 Å². The Morgan fingerprint density at radius 1 is 1.00 bits per heavy atom. The molecule has 0 bridgehead atoms. The number of Topliss-reactive ketones (excluding diaryl/α,β-unsaturated/α-hetero) is 1. The first kappa shape index (κ1) is 21.2. The largest absolute Gasteiger partial charge is 0.508 e. The van der Waals surface area contributed by atoms with E-state index in [9.17, 15) is 14.7 Å². The highest BCUT2D eigenvalue weighted by molar-refractivity contribution is 6.50. The Labute approximate surface area is 192 Å². The Morgan fingerprint density at radius 3 is 2.35 bits per heavy atom. The number of hydrogen-bond acceptors (Lipinski definition) is 4. The first-order valence-electron chi connectivity index (χ1n) is 9.04. The third kappa shape index (κ3) is 4.37. The minimum Gasteiger partial charge on any atom is -0.508 e. The molecule has 156 valence electrons. The molecule has 0 saturated carbocycles. The van der Waals surface area contributed by atoms with Gasteiger partial charge in [-0.2, -0.15) is 0 Å². The molecule has 4 aromatic rings. The molecule has 2 aromatic heterocycles. The Kier molecular flexibility index (Phi) is 5.87. The van der Waals surface area contributed by atoms with Crippen molar-refractivity contribution in [2.45, 2.75) is 6.54 Å². The summed E-state index contributed by atoms with van der Waals surface area (Å²) in [6.45, 7) is 0.440. The van der Waals surface area contributed by atoms with Crippen molar-refractivity contribution in [2.75, 3.05) is 5.32 Å². The maximum Gasteiger partial charge on any atom is 0.296 e. The standard InChI is InChI=1S/C22H14Cl3N3O3/c23-13-3-1-12(2-4-13)10-28-11-16(15-7-14(29)5-6-19(15)28)21(30)22(31)27-20-17(24)8-26-9-18(20)25/h1-9,11,29H,10H2,(H,26,27,31). The number of hydrogen-bond donors (Lipinski definition) is 2. The lowest BCUT2D eigenvalue weighted by molar-refractivity contribution is -0.112. The zero-order chi connectivity index (χ0) is 22.1. The van der Waals surface area contributed by atoms with Gasteiger partial charge in [0.25, 0.3) is 11.7 Å². The number of aromatic nitrogens is 2. The summed E-state index contributed by atoms with van der Waals surface area (Å²) in [6, 6.07) is 11.9. The summed E-state index contributed by atoms with van der Waals surface area (Å²) in [7, 11) is 0. The van der Waals surface area contributed by atoms with Gasteiger partial charge in [0.15, 0.2) is 0 Å². The molecule has 0 aliphatic carbocycles. The van der Waals surface area contributed by atoms with Crippen LogP contribution >= 0.6 is 34.8 Å². The highest BCUT2D eigenvalue weighted by atomic mass is 35.5. The highest BCUT2D eigenvalue weighted by Gasteiger charge is 2.23. The van der Waals surface area contributed by atoms with E-state index < -0.39 is 11.7 Å². The number of rotatable bonds is 5. The van der Waals surface area contributed by atoms with Gasteiger partial charge in [0.05, 0.1) is 21.3 Å². The molecule has 0 aliphatic heterocycles. The van der Waals surface area contributed by atoms with Crippen molar-refractivity contribution in [1.29, 1.82) is 0 Å². The van der Waals surface area contributed by atoms with Gasteiger partial charge in [-0.15, -0.1) is 0 Å². The minimum atomic E-state index is -0.913. The number of carbonyl (C=O) groups excluding carboxylic acids is 2. The first-order chi connectivity index (χ1) is 14.8. The van der Waals surface area contributed by atoms with Crippen molar-refractivity contribution in [2.24, 2.45) is 0 Å². The summed E-state index contributed by atoms with van der Waals surface area (Å²) in [5, 5.41) is 13.7. The molecule has 31 heavy (non-hydrogen) atoms. The van der Waals surface area contributed by atoms with Gasteiger partial charge in [0.2, 0.25) is 0 Å². The van der Waals surface area contributed by atoms with Crippen molar-refractivity contribution in [3.8, 4) is 5.75 Å². The fourth-order valence-electron chi connectivity index (χ4n) is 3.21. The van der Waals surface area contributed by atoms with E-state index >= 15 is 0 Å². The van der Waals surface area contributed by atoms with Crippen LogP contribution in [-0.2, 0) is 11.3 Å². The number of pyridine rings is 1. The van der Waals surface area contributed by atoms with Crippen molar-refractivity contribution in [3.05, 3.63) is 87.2 Å². The van der Waals surface area contributed by atoms with E-state index in [1.165, 1.54) is 24.5 Å². The predicted octanol–water partition coefficient (Wildman–Crippen LogP) is 5.57. The van der Waals surface area contributed by atoms with Gasteiger partial charge in [-0.3, -0.25) is 14.6 Å². The average Bonchev–Trinajstić information content (AvgIpc) is 3.09. The first-order valence-corrected chi connectivity index (χ1v) is 10.2. The smallest absolute Gasteiger partial charge is 0.296 e. The van der Waals surface area contributed by atoms with Crippen LogP contribution in [0.25, 0.3) is 10.9 Å². The molecular weight excluding hydrogens is 461 g/mol. The normalized spacial score (nSPS) is 10.9. The van der Waals surface area contributed by atoms with Crippen LogP contribution in [0.3, 0.4) is 0 Å². The lowest BCUT2D eigenvalue weighted by atomic mass is 10.1. The van der Waals surface area contributed by atoms with E-state index in [4.69, 9.17) is 34.8 Å². The molecule has 0 spiro atoms. The molecule has 2 aromatic carbocycles. The third-order valence-electron chi connectivity index (χ3n) is 4.67. The van der Waals surface area contributed by atoms with Crippen molar-refractivity contribution in [3.63, 3.8) is 0 Å². The maximum absolute atomic E-state index is 13.0. The number of halogens is 3.